The van der Waals surface area contributed by atoms with E-state index in [9.17, 15) is 4.39 Å². The summed E-state index contributed by atoms with van der Waals surface area (Å²) in [6, 6.07) is 6.24. The van der Waals surface area contributed by atoms with Crippen LogP contribution in [0.15, 0.2) is 35.0 Å². The maximum absolute atomic E-state index is 13.7. The molecule has 1 aliphatic rings. The Hall–Kier alpha value is -2.52. The second-order valence-electron chi connectivity index (χ2n) is 8.59. The first kappa shape index (κ1) is 23.2. The molecule has 0 radical (unpaired) electrons. The van der Waals surface area contributed by atoms with Gasteiger partial charge in [-0.25, -0.2) is 9.97 Å². The summed E-state index contributed by atoms with van der Waals surface area (Å²) < 4.78 is 25.1. The van der Waals surface area contributed by atoms with Gasteiger partial charge in [-0.1, -0.05) is 17.7 Å². The first-order chi connectivity index (χ1) is 16.4. The third-order valence-electron chi connectivity index (χ3n) is 6.36. The molecule has 0 amide bonds. The molecule has 6 nitrogen and oxygen atoms in total. The Bertz CT molecular complexity index is 1330. The average Bonchev–Trinajstić information content (AvgIpc) is 3.42. The number of halogens is 2. The lowest BCUT2D eigenvalue weighted by Gasteiger charge is -2.32. The number of furan rings is 1. The molecule has 0 saturated carbocycles. The first-order valence-corrected chi connectivity index (χ1v) is 12.4. The van der Waals surface area contributed by atoms with Crippen molar-refractivity contribution in [3.05, 3.63) is 52.9 Å². The van der Waals surface area contributed by atoms with Crippen LogP contribution in [-0.2, 0) is 0 Å². The number of thiophene rings is 1. The molecule has 5 rings (SSSR count). The van der Waals surface area contributed by atoms with Gasteiger partial charge in [-0.3, -0.25) is 4.90 Å². The molecule has 0 unspecified atom stereocenters. The number of likely N-dealkylation sites (N-methyl/N-ethyl adjacent to an activating group) is 1. The zero-order valence-electron chi connectivity index (χ0n) is 19.4. The quantitative estimate of drug-likeness (QED) is 0.341. The number of piperazine rings is 1. The molecule has 4 aromatic rings. The van der Waals surface area contributed by atoms with Crippen LogP contribution < -0.4 is 4.74 Å². The zero-order chi connectivity index (χ0) is 23.8. The maximum Gasteiger partial charge on any atom is 0.278 e. The molecular formula is C25H26ClFN4O2S. The van der Waals surface area contributed by atoms with Crippen molar-refractivity contribution in [3.63, 3.8) is 0 Å². The van der Waals surface area contributed by atoms with E-state index in [0.717, 1.165) is 70.2 Å². The van der Waals surface area contributed by atoms with Gasteiger partial charge in [0.2, 0.25) is 0 Å². The van der Waals surface area contributed by atoms with Gasteiger partial charge >= 0.3 is 0 Å². The smallest absolute Gasteiger partial charge is 0.278 e. The molecule has 0 spiro atoms. The molecule has 1 aromatic carbocycles. The van der Waals surface area contributed by atoms with E-state index in [2.05, 4.69) is 26.8 Å². The second-order valence-corrected chi connectivity index (χ2v) is 9.97. The molecule has 1 saturated heterocycles. The number of rotatable bonds is 6. The van der Waals surface area contributed by atoms with Gasteiger partial charge in [-0.05, 0) is 44.2 Å². The fraction of sp³-hybridized carbons (Fsp3) is 0.360. The Kier molecular flexibility index (Phi) is 6.57. The lowest BCUT2D eigenvalue weighted by Crippen LogP contribution is -2.45. The van der Waals surface area contributed by atoms with Crippen molar-refractivity contribution in [2.24, 2.45) is 0 Å². The van der Waals surface area contributed by atoms with E-state index in [1.807, 2.05) is 26.0 Å². The average molecular weight is 501 g/mol. The minimum Gasteiger partial charge on any atom is -0.491 e. The molecule has 4 heterocycles. The van der Waals surface area contributed by atoms with Crippen LogP contribution in [-0.4, -0.2) is 66.1 Å². The highest BCUT2D eigenvalue weighted by Crippen LogP contribution is 2.48. The lowest BCUT2D eigenvalue weighted by atomic mass is 9.96. The third-order valence-corrected chi connectivity index (χ3v) is 7.94. The topological polar surface area (TPSA) is 54.6 Å². The van der Waals surface area contributed by atoms with Crippen LogP contribution in [0.5, 0.6) is 5.75 Å². The number of ether oxygens (including phenoxy) is 1. The van der Waals surface area contributed by atoms with Gasteiger partial charge in [0.15, 0.2) is 0 Å². The van der Waals surface area contributed by atoms with E-state index in [1.54, 1.807) is 12.4 Å². The highest BCUT2D eigenvalue weighted by molar-refractivity contribution is 7.22. The monoisotopic (exact) mass is 500 g/mol. The number of nitrogens with zero attached hydrogens (tertiary/aromatic N) is 4. The molecule has 9 heteroatoms. The standard InChI is InChI=1S/C25H26ClFN4O2S/c1-15-17(4-5-18(23(15)26)32-13-12-31-10-8-30(3)9-11-31)22-21-16(2)28-14-29-25(21)34-24(22)19-6-7-20(27)33-19/h4-7,14H,8-13H2,1-3H3. The molecule has 1 aliphatic heterocycles. The maximum atomic E-state index is 13.7. The van der Waals surface area contributed by atoms with Crippen LogP contribution in [0.25, 0.3) is 32.0 Å². The lowest BCUT2D eigenvalue weighted by molar-refractivity contribution is 0.134. The number of fused-ring (bicyclic) bond motifs is 1. The van der Waals surface area contributed by atoms with Crippen LogP contribution in [0.4, 0.5) is 4.39 Å². The van der Waals surface area contributed by atoms with E-state index < -0.39 is 6.01 Å². The molecule has 3 aromatic heterocycles. The van der Waals surface area contributed by atoms with Gasteiger partial charge in [-0.2, -0.15) is 4.39 Å². The van der Waals surface area contributed by atoms with Gasteiger partial charge in [0.05, 0.1) is 15.6 Å². The highest BCUT2D eigenvalue weighted by atomic mass is 35.5. The predicted molar refractivity (Wildman–Crippen MR) is 134 cm³/mol. The van der Waals surface area contributed by atoms with Crippen molar-refractivity contribution in [2.75, 3.05) is 46.4 Å². The highest BCUT2D eigenvalue weighted by Gasteiger charge is 2.24. The van der Waals surface area contributed by atoms with Gasteiger partial charge in [0, 0.05) is 49.7 Å². The Labute approximate surface area is 206 Å². The third kappa shape index (κ3) is 4.43. The van der Waals surface area contributed by atoms with Crippen LogP contribution >= 0.6 is 22.9 Å². The first-order valence-electron chi connectivity index (χ1n) is 11.3. The van der Waals surface area contributed by atoms with Gasteiger partial charge in [-0.15, -0.1) is 11.3 Å². The number of aromatic nitrogens is 2. The number of aryl methyl sites for hydroxylation is 1. The Morgan fingerprint density at radius 2 is 1.91 bits per heavy atom. The SMILES string of the molecule is Cc1c(-c2c(-c3ccc(F)o3)sc3ncnc(C)c23)ccc(OCCN2CCN(C)CC2)c1Cl. The summed E-state index contributed by atoms with van der Waals surface area (Å²) in [6.45, 7) is 9.61. The van der Waals surface area contributed by atoms with E-state index in [1.165, 1.54) is 17.4 Å². The number of hydrogen-bond acceptors (Lipinski definition) is 7. The van der Waals surface area contributed by atoms with Crippen molar-refractivity contribution in [2.45, 2.75) is 13.8 Å². The summed E-state index contributed by atoms with van der Waals surface area (Å²) in [5.41, 5.74) is 3.55. The molecule has 34 heavy (non-hydrogen) atoms. The minimum atomic E-state index is -0.625. The molecule has 0 N–H and O–H groups in total. The summed E-state index contributed by atoms with van der Waals surface area (Å²) in [7, 11) is 2.15. The number of hydrogen-bond donors (Lipinski definition) is 0. The minimum absolute atomic E-state index is 0.456. The summed E-state index contributed by atoms with van der Waals surface area (Å²) >= 11 is 8.25. The molecular weight excluding hydrogens is 475 g/mol. The summed E-state index contributed by atoms with van der Waals surface area (Å²) in [6.07, 6.45) is 1.54. The van der Waals surface area contributed by atoms with Crippen LogP contribution in [0.2, 0.25) is 5.02 Å². The van der Waals surface area contributed by atoms with E-state index >= 15 is 0 Å². The van der Waals surface area contributed by atoms with Crippen molar-refractivity contribution in [1.29, 1.82) is 0 Å². The zero-order valence-corrected chi connectivity index (χ0v) is 21.0. The van der Waals surface area contributed by atoms with Crippen LogP contribution in [0.1, 0.15) is 11.3 Å². The summed E-state index contributed by atoms with van der Waals surface area (Å²) in [5.74, 6) is 1.12. The van der Waals surface area contributed by atoms with Crippen molar-refractivity contribution < 1.29 is 13.5 Å². The second kappa shape index (κ2) is 9.62. The van der Waals surface area contributed by atoms with E-state index in [4.69, 9.17) is 20.8 Å². The Balaban J connectivity index is 1.47. The molecule has 178 valence electrons. The Morgan fingerprint density at radius 3 is 2.65 bits per heavy atom. The van der Waals surface area contributed by atoms with Gasteiger partial charge < -0.3 is 14.1 Å². The summed E-state index contributed by atoms with van der Waals surface area (Å²) in [5, 5.41) is 1.49. The van der Waals surface area contributed by atoms with Crippen molar-refractivity contribution in [1.82, 2.24) is 19.8 Å². The van der Waals surface area contributed by atoms with Crippen molar-refractivity contribution in [3.8, 4) is 27.5 Å². The van der Waals surface area contributed by atoms with Crippen molar-refractivity contribution >= 4 is 33.2 Å². The van der Waals surface area contributed by atoms with Gasteiger partial charge in [0.25, 0.3) is 6.01 Å². The Morgan fingerprint density at radius 1 is 1.12 bits per heavy atom. The fourth-order valence-electron chi connectivity index (χ4n) is 4.34. The largest absolute Gasteiger partial charge is 0.491 e. The predicted octanol–water partition coefficient (Wildman–Crippen LogP) is 5.65. The van der Waals surface area contributed by atoms with E-state index in [0.29, 0.717) is 23.1 Å². The van der Waals surface area contributed by atoms with Crippen LogP contribution in [0, 0.1) is 19.9 Å². The normalized spacial score (nSPS) is 15.3. The van der Waals surface area contributed by atoms with Gasteiger partial charge in [0.1, 0.15) is 29.3 Å². The van der Waals surface area contributed by atoms with E-state index in [-0.39, 0.29) is 0 Å². The summed E-state index contributed by atoms with van der Waals surface area (Å²) in [4.78, 5) is 15.2. The molecule has 0 bridgehead atoms. The van der Waals surface area contributed by atoms with Crippen LogP contribution in [0.3, 0.4) is 0 Å². The molecule has 1 fully saturated rings. The number of benzene rings is 1. The molecule has 0 atom stereocenters. The fourth-order valence-corrected chi connectivity index (χ4v) is 5.73. The molecule has 0 aliphatic carbocycles.